The topological polar surface area (TPSA) is 79.7 Å². The summed E-state index contributed by atoms with van der Waals surface area (Å²) in [5.74, 6) is -1.04. The zero-order chi connectivity index (χ0) is 23.1. The Bertz CT molecular complexity index is 1410. The van der Waals surface area contributed by atoms with Gasteiger partial charge in [0, 0.05) is 5.02 Å². The van der Waals surface area contributed by atoms with Crippen LogP contribution in [0.1, 0.15) is 28.2 Å². The summed E-state index contributed by atoms with van der Waals surface area (Å²) >= 11 is 8.65. The first-order chi connectivity index (χ1) is 16.0. The van der Waals surface area contributed by atoms with E-state index in [0.717, 1.165) is 4.70 Å². The number of carbonyl (C=O) groups is 2. The predicted octanol–water partition coefficient (Wildman–Crippen LogP) is 6.19. The number of halogens is 1. The zero-order valence-electron chi connectivity index (χ0n) is 17.3. The van der Waals surface area contributed by atoms with Crippen LogP contribution in [0.25, 0.3) is 10.2 Å². The molecule has 9 heteroatoms. The third-order valence-electron chi connectivity index (χ3n) is 5.23. The van der Waals surface area contributed by atoms with Gasteiger partial charge in [-0.25, -0.2) is 4.98 Å². The van der Waals surface area contributed by atoms with Crippen molar-refractivity contribution in [2.45, 2.75) is 13.0 Å². The molecule has 0 saturated heterocycles. The van der Waals surface area contributed by atoms with Crippen molar-refractivity contribution in [2.24, 2.45) is 0 Å². The van der Waals surface area contributed by atoms with Gasteiger partial charge in [0.2, 0.25) is 5.78 Å². The van der Waals surface area contributed by atoms with Crippen molar-refractivity contribution in [3.8, 4) is 5.75 Å². The van der Waals surface area contributed by atoms with Crippen LogP contribution >= 0.6 is 34.3 Å². The Morgan fingerprint density at radius 3 is 2.82 bits per heavy atom. The largest absolute Gasteiger partial charge is 0.503 e. The number of anilines is 1. The van der Waals surface area contributed by atoms with Gasteiger partial charge in [0.1, 0.15) is 5.75 Å². The Hall–Kier alpha value is -3.20. The van der Waals surface area contributed by atoms with E-state index in [4.69, 9.17) is 16.3 Å². The number of carbonyl (C=O) groups excluding carboxylic acids is 2. The maximum Gasteiger partial charge on any atom is 0.296 e. The van der Waals surface area contributed by atoms with Crippen LogP contribution in [0.3, 0.4) is 0 Å². The summed E-state index contributed by atoms with van der Waals surface area (Å²) in [5, 5.41) is 13.6. The number of fused-ring (bicyclic) bond motifs is 1. The third-order valence-corrected chi connectivity index (χ3v) is 7.35. The lowest BCUT2D eigenvalue weighted by atomic mass is 9.95. The molecule has 6 nitrogen and oxygen atoms in total. The number of hydrogen-bond acceptors (Lipinski definition) is 7. The lowest BCUT2D eigenvalue weighted by Crippen LogP contribution is -2.30. The number of aliphatic hydroxyl groups excluding tert-OH is 1. The number of ketones is 1. The second-order valence-corrected chi connectivity index (χ2v) is 9.65. The maximum atomic E-state index is 13.4. The second-order valence-electron chi connectivity index (χ2n) is 7.26. The van der Waals surface area contributed by atoms with Gasteiger partial charge in [-0.3, -0.25) is 14.5 Å². The van der Waals surface area contributed by atoms with Crippen molar-refractivity contribution in [1.82, 2.24) is 4.98 Å². The van der Waals surface area contributed by atoms with E-state index in [-0.39, 0.29) is 5.57 Å². The van der Waals surface area contributed by atoms with Crippen molar-refractivity contribution < 1.29 is 19.4 Å². The molecule has 0 bridgehead atoms. The highest BCUT2D eigenvalue weighted by molar-refractivity contribution is 7.22. The molecule has 1 aliphatic heterocycles. The molecule has 166 valence electrons. The highest BCUT2D eigenvalue weighted by atomic mass is 35.5. The van der Waals surface area contributed by atoms with E-state index < -0.39 is 23.5 Å². The van der Waals surface area contributed by atoms with Gasteiger partial charge in [-0.15, -0.1) is 11.3 Å². The number of ether oxygens (including phenoxy) is 1. The number of rotatable bonds is 6. The minimum atomic E-state index is -0.858. The van der Waals surface area contributed by atoms with Gasteiger partial charge in [0.25, 0.3) is 5.91 Å². The fraction of sp³-hybridized carbons (Fsp3) is 0.125. The van der Waals surface area contributed by atoms with E-state index in [1.165, 1.54) is 27.6 Å². The van der Waals surface area contributed by atoms with E-state index in [1.807, 2.05) is 6.92 Å². The summed E-state index contributed by atoms with van der Waals surface area (Å²) in [4.78, 5) is 33.1. The molecule has 3 heterocycles. The van der Waals surface area contributed by atoms with Gasteiger partial charge in [0.15, 0.2) is 10.9 Å². The number of hydrogen-bond donors (Lipinski definition) is 1. The summed E-state index contributed by atoms with van der Waals surface area (Å²) in [6, 6.07) is 15.0. The smallest absolute Gasteiger partial charge is 0.296 e. The number of aromatic nitrogens is 1. The van der Waals surface area contributed by atoms with E-state index in [1.54, 1.807) is 60.0 Å². The fourth-order valence-electron chi connectivity index (χ4n) is 3.82. The van der Waals surface area contributed by atoms with Crippen LogP contribution in [0.5, 0.6) is 5.75 Å². The van der Waals surface area contributed by atoms with E-state index in [0.29, 0.717) is 38.5 Å². The minimum Gasteiger partial charge on any atom is -0.503 e. The number of nitrogens with zero attached hydrogens (tertiary/aromatic N) is 2. The SMILES string of the molecule is CCOc1cccc(C2C(C(=O)c3cccs3)=C(O)C(=O)N2c2nc3ccc(Cl)cc3s2)c1. The molecule has 1 N–H and O–H groups in total. The molecule has 5 rings (SSSR count). The van der Waals surface area contributed by atoms with E-state index >= 15 is 0 Å². The highest BCUT2D eigenvalue weighted by Crippen LogP contribution is 2.45. The van der Waals surface area contributed by atoms with Gasteiger partial charge < -0.3 is 9.84 Å². The van der Waals surface area contributed by atoms with Gasteiger partial charge in [-0.2, -0.15) is 0 Å². The van der Waals surface area contributed by atoms with Gasteiger partial charge in [-0.1, -0.05) is 41.1 Å². The Labute approximate surface area is 202 Å². The number of aliphatic hydroxyl groups is 1. The summed E-state index contributed by atoms with van der Waals surface area (Å²) in [6.07, 6.45) is 0. The van der Waals surface area contributed by atoms with Crippen molar-refractivity contribution in [3.05, 3.63) is 86.8 Å². The Balaban J connectivity index is 1.68. The molecule has 1 aliphatic rings. The molecule has 1 amide bonds. The highest BCUT2D eigenvalue weighted by Gasteiger charge is 2.46. The Kier molecular flexibility index (Phi) is 5.65. The molecule has 4 aromatic rings. The molecule has 1 atom stereocenters. The molecule has 0 saturated carbocycles. The molecule has 2 aromatic heterocycles. The van der Waals surface area contributed by atoms with Crippen molar-refractivity contribution in [2.75, 3.05) is 11.5 Å². The van der Waals surface area contributed by atoms with Crippen LogP contribution in [0.4, 0.5) is 5.13 Å². The summed E-state index contributed by atoms with van der Waals surface area (Å²) in [6.45, 7) is 2.35. The van der Waals surface area contributed by atoms with Gasteiger partial charge in [-0.05, 0) is 54.3 Å². The normalized spacial score (nSPS) is 16.1. The maximum absolute atomic E-state index is 13.4. The monoisotopic (exact) mass is 496 g/mol. The number of thiazole rings is 1. The van der Waals surface area contributed by atoms with Crippen molar-refractivity contribution in [3.63, 3.8) is 0 Å². The lowest BCUT2D eigenvalue weighted by molar-refractivity contribution is -0.117. The number of thiophene rings is 1. The van der Waals surface area contributed by atoms with E-state index in [9.17, 15) is 14.7 Å². The molecule has 2 aromatic carbocycles. The van der Waals surface area contributed by atoms with Crippen LogP contribution < -0.4 is 9.64 Å². The van der Waals surface area contributed by atoms with Crippen LogP contribution in [0.15, 0.2) is 71.3 Å². The Morgan fingerprint density at radius 1 is 1.21 bits per heavy atom. The molecule has 0 aliphatic carbocycles. The molecule has 0 radical (unpaired) electrons. The third kappa shape index (κ3) is 3.80. The minimum absolute atomic E-state index is 0.0217. The number of benzene rings is 2. The number of Topliss-reactive ketones (excluding diaryl/α,β-unsaturated/α-hetero) is 1. The van der Waals surface area contributed by atoms with Crippen LogP contribution in [-0.4, -0.2) is 28.4 Å². The first kappa shape index (κ1) is 21.6. The molecule has 33 heavy (non-hydrogen) atoms. The first-order valence-electron chi connectivity index (χ1n) is 10.1. The molecule has 0 spiro atoms. The van der Waals surface area contributed by atoms with Crippen molar-refractivity contribution >= 4 is 61.3 Å². The summed E-state index contributed by atoms with van der Waals surface area (Å²) in [5.41, 5.74) is 1.33. The fourth-order valence-corrected chi connectivity index (χ4v) is 5.77. The summed E-state index contributed by atoms with van der Waals surface area (Å²) < 4.78 is 6.43. The number of amides is 1. The van der Waals surface area contributed by atoms with Crippen molar-refractivity contribution in [1.29, 1.82) is 0 Å². The second kappa shape index (κ2) is 8.62. The zero-order valence-corrected chi connectivity index (χ0v) is 19.7. The van der Waals surface area contributed by atoms with Crippen LogP contribution in [0.2, 0.25) is 5.02 Å². The first-order valence-corrected chi connectivity index (χ1v) is 12.2. The molecular weight excluding hydrogens is 480 g/mol. The van der Waals surface area contributed by atoms with E-state index in [2.05, 4.69) is 4.98 Å². The molecule has 1 unspecified atom stereocenters. The standard InChI is InChI=1S/C24H17ClN2O4S2/c1-2-31-15-6-3-5-13(11-15)20-19(21(28)17-7-4-10-32-17)22(29)23(30)27(20)24-26-16-9-8-14(25)12-18(16)33-24/h3-12,20,29H,2H2,1H3. The average Bonchev–Trinajstić information content (AvgIpc) is 3.53. The quantitative estimate of drug-likeness (QED) is 0.322. The van der Waals surface area contributed by atoms with Gasteiger partial charge >= 0.3 is 0 Å². The molecule has 0 fully saturated rings. The Morgan fingerprint density at radius 2 is 2.06 bits per heavy atom. The van der Waals surface area contributed by atoms with Crippen LogP contribution in [0, 0.1) is 0 Å². The summed E-state index contributed by atoms with van der Waals surface area (Å²) in [7, 11) is 0. The average molecular weight is 497 g/mol. The predicted molar refractivity (Wildman–Crippen MR) is 131 cm³/mol. The lowest BCUT2D eigenvalue weighted by Gasteiger charge is -2.24. The van der Waals surface area contributed by atoms with Crippen LogP contribution in [-0.2, 0) is 4.79 Å². The van der Waals surface area contributed by atoms with Gasteiger partial charge in [0.05, 0.1) is 33.3 Å². The molecular formula is C24H17ClN2O4S2.